The second kappa shape index (κ2) is 8.43. The first-order valence-corrected chi connectivity index (χ1v) is 6.53. The van der Waals surface area contributed by atoms with E-state index in [0.29, 0.717) is 0 Å². The van der Waals surface area contributed by atoms with Gasteiger partial charge in [0.25, 0.3) is 0 Å². The zero-order chi connectivity index (χ0) is 9.19. The van der Waals surface area contributed by atoms with Crippen LogP contribution in [0.15, 0.2) is 24.3 Å². The van der Waals surface area contributed by atoms with Gasteiger partial charge in [-0.3, -0.25) is 0 Å². The lowest BCUT2D eigenvalue weighted by atomic mass is 10.1. The van der Waals surface area contributed by atoms with E-state index in [0.717, 1.165) is 0 Å². The van der Waals surface area contributed by atoms with Crippen molar-refractivity contribution in [3.63, 3.8) is 0 Å². The molecule has 1 rings (SSSR count). The molecule has 0 bridgehead atoms. The SMILES string of the molecule is C1=C/CCSCC/C=C/CCCC/1. The lowest BCUT2D eigenvalue weighted by molar-refractivity contribution is 0.760. The Labute approximate surface area is 86.5 Å². The molecule has 1 aliphatic heterocycles. The van der Waals surface area contributed by atoms with Crippen molar-refractivity contribution in [1.82, 2.24) is 0 Å². The smallest absolute Gasteiger partial charge is 0.00328 e. The number of thioether (sulfide) groups is 1. The highest BCUT2D eigenvalue weighted by molar-refractivity contribution is 7.99. The number of allylic oxidation sites excluding steroid dienone is 4. The van der Waals surface area contributed by atoms with E-state index in [2.05, 4.69) is 36.1 Å². The Morgan fingerprint density at radius 1 is 0.615 bits per heavy atom. The predicted molar refractivity (Wildman–Crippen MR) is 63.3 cm³/mol. The fourth-order valence-corrected chi connectivity index (χ4v) is 2.21. The molecule has 0 N–H and O–H groups in total. The lowest BCUT2D eigenvalue weighted by Gasteiger charge is -1.94. The Morgan fingerprint density at radius 3 is 1.62 bits per heavy atom. The minimum Gasteiger partial charge on any atom is -0.161 e. The third-order valence-electron chi connectivity index (χ3n) is 2.18. The molecule has 74 valence electrons. The molecule has 0 nitrogen and oxygen atoms in total. The van der Waals surface area contributed by atoms with Crippen molar-refractivity contribution in [2.24, 2.45) is 0 Å². The maximum Gasteiger partial charge on any atom is -0.00328 e. The number of rotatable bonds is 0. The van der Waals surface area contributed by atoms with Crippen LogP contribution >= 0.6 is 11.8 Å². The van der Waals surface area contributed by atoms with Crippen LogP contribution in [-0.4, -0.2) is 11.5 Å². The van der Waals surface area contributed by atoms with E-state index in [9.17, 15) is 0 Å². The summed E-state index contributed by atoms with van der Waals surface area (Å²) in [4.78, 5) is 0. The van der Waals surface area contributed by atoms with Crippen LogP contribution in [0.2, 0.25) is 0 Å². The van der Waals surface area contributed by atoms with E-state index in [4.69, 9.17) is 0 Å². The van der Waals surface area contributed by atoms with Gasteiger partial charge in [0.05, 0.1) is 0 Å². The third-order valence-corrected chi connectivity index (χ3v) is 3.23. The zero-order valence-electron chi connectivity index (χ0n) is 8.37. The van der Waals surface area contributed by atoms with Crippen LogP contribution in [0.5, 0.6) is 0 Å². The Hall–Kier alpha value is -0.170. The molecule has 0 saturated carbocycles. The molecule has 0 radical (unpaired) electrons. The van der Waals surface area contributed by atoms with Gasteiger partial charge in [0.15, 0.2) is 0 Å². The molecule has 0 aliphatic carbocycles. The summed E-state index contributed by atoms with van der Waals surface area (Å²) in [5.74, 6) is 2.59. The fraction of sp³-hybridized carbons (Fsp3) is 0.667. The van der Waals surface area contributed by atoms with E-state index in [-0.39, 0.29) is 0 Å². The predicted octanol–water partition coefficient (Wildman–Crippen LogP) is 4.19. The van der Waals surface area contributed by atoms with Crippen molar-refractivity contribution in [2.45, 2.75) is 38.5 Å². The molecule has 0 spiro atoms. The monoisotopic (exact) mass is 196 g/mol. The van der Waals surface area contributed by atoms with Crippen LogP contribution in [-0.2, 0) is 0 Å². The topological polar surface area (TPSA) is 0 Å². The van der Waals surface area contributed by atoms with Crippen LogP contribution in [0.3, 0.4) is 0 Å². The molecule has 0 aromatic heterocycles. The van der Waals surface area contributed by atoms with E-state index in [1.54, 1.807) is 0 Å². The van der Waals surface area contributed by atoms with Gasteiger partial charge < -0.3 is 0 Å². The van der Waals surface area contributed by atoms with E-state index >= 15 is 0 Å². The Kier molecular flexibility index (Phi) is 7.07. The van der Waals surface area contributed by atoms with E-state index in [1.165, 1.54) is 50.0 Å². The standard InChI is InChI=1S/C12H20S/c1-2-4-6-8-10-12-13-11-9-7-5-3-1/h5-8H,1-4,9-12H2/b7-5+,8-6+. The van der Waals surface area contributed by atoms with Crippen molar-refractivity contribution in [2.75, 3.05) is 11.5 Å². The summed E-state index contributed by atoms with van der Waals surface area (Å²) < 4.78 is 0. The van der Waals surface area contributed by atoms with Gasteiger partial charge >= 0.3 is 0 Å². The van der Waals surface area contributed by atoms with Gasteiger partial charge in [0, 0.05) is 0 Å². The highest BCUT2D eigenvalue weighted by Crippen LogP contribution is 2.09. The van der Waals surface area contributed by atoms with Gasteiger partial charge in [-0.25, -0.2) is 0 Å². The molecule has 0 fully saturated rings. The summed E-state index contributed by atoms with van der Waals surface area (Å²) in [7, 11) is 0. The second-order valence-electron chi connectivity index (χ2n) is 3.42. The van der Waals surface area contributed by atoms with Crippen LogP contribution in [0, 0.1) is 0 Å². The molecular weight excluding hydrogens is 176 g/mol. The Morgan fingerprint density at radius 2 is 1.08 bits per heavy atom. The van der Waals surface area contributed by atoms with Crippen LogP contribution in [0.4, 0.5) is 0 Å². The third kappa shape index (κ3) is 6.94. The summed E-state index contributed by atoms with van der Waals surface area (Å²) >= 11 is 2.07. The van der Waals surface area contributed by atoms with Crippen LogP contribution in [0.25, 0.3) is 0 Å². The molecule has 13 heavy (non-hydrogen) atoms. The number of hydrogen-bond donors (Lipinski definition) is 0. The second-order valence-corrected chi connectivity index (χ2v) is 4.64. The van der Waals surface area contributed by atoms with E-state index in [1.807, 2.05) is 0 Å². The van der Waals surface area contributed by atoms with Crippen molar-refractivity contribution in [3.05, 3.63) is 24.3 Å². The molecule has 0 aromatic carbocycles. The fourth-order valence-electron chi connectivity index (χ4n) is 1.40. The average molecular weight is 196 g/mol. The molecule has 0 saturated heterocycles. The molecule has 1 heteroatoms. The summed E-state index contributed by atoms with van der Waals surface area (Å²) in [5.41, 5.74) is 0. The summed E-state index contributed by atoms with van der Waals surface area (Å²) in [6, 6.07) is 0. The maximum absolute atomic E-state index is 2.35. The van der Waals surface area contributed by atoms with Crippen molar-refractivity contribution in [3.8, 4) is 0 Å². The first-order valence-electron chi connectivity index (χ1n) is 5.38. The first kappa shape index (κ1) is 10.9. The largest absolute Gasteiger partial charge is 0.161 e. The van der Waals surface area contributed by atoms with Gasteiger partial charge in [-0.1, -0.05) is 24.3 Å². The normalized spacial score (nSPS) is 26.5. The maximum atomic E-state index is 2.35. The molecule has 0 unspecified atom stereocenters. The zero-order valence-corrected chi connectivity index (χ0v) is 9.19. The first-order chi connectivity index (χ1) is 6.50. The molecule has 0 amide bonds. The van der Waals surface area contributed by atoms with Crippen molar-refractivity contribution < 1.29 is 0 Å². The van der Waals surface area contributed by atoms with E-state index < -0.39 is 0 Å². The minimum absolute atomic E-state index is 1.26. The highest BCUT2D eigenvalue weighted by Gasteiger charge is 1.88. The van der Waals surface area contributed by atoms with Crippen LogP contribution < -0.4 is 0 Å². The number of hydrogen-bond acceptors (Lipinski definition) is 1. The van der Waals surface area contributed by atoms with Crippen molar-refractivity contribution in [1.29, 1.82) is 0 Å². The highest BCUT2D eigenvalue weighted by atomic mass is 32.2. The minimum atomic E-state index is 1.26. The Balaban J connectivity index is 2.18. The van der Waals surface area contributed by atoms with Gasteiger partial charge in [-0.05, 0) is 50.0 Å². The molecule has 1 heterocycles. The van der Waals surface area contributed by atoms with Crippen LogP contribution in [0.1, 0.15) is 38.5 Å². The summed E-state index contributed by atoms with van der Waals surface area (Å²) in [5, 5.41) is 0. The summed E-state index contributed by atoms with van der Waals surface area (Å²) in [6.45, 7) is 0. The van der Waals surface area contributed by atoms with Gasteiger partial charge in [0.1, 0.15) is 0 Å². The quantitative estimate of drug-likeness (QED) is 0.524. The van der Waals surface area contributed by atoms with Gasteiger partial charge in [-0.15, -0.1) is 0 Å². The molecular formula is C12H20S. The summed E-state index contributed by atoms with van der Waals surface area (Å²) in [6.07, 6.45) is 17.2. The average Bonchev–Trinajstić information content (AvgIpc) is 2.18. The Bertz CT molecular complexity index is 141. The molecule has 0 atom stereocenters. The lowest BCUT2D eigenvalue weighted by Crippen LogP contribution is -1.79. The van der Waals surface area contributed by atoms with Gasteiger partial charge in [-0.2, -0.15) is 11.8 Å². The molecule has 0 aromatic rings. The molecule has 1 aliphatic rings. The van der Waals surface area contributed by atoms with Crippen molar-refractivity contribution >= 4 is 11.8 Å². The van der Waals surface area contributed by atoms with Gasteiger partial charge in [0.2, 0.25) is 0 Å².